The van der Waals surface area contributed by atoms with Gasteiger partial charge in [0.25, 0.3) is 5.91 Å². The summed E-state index contributed by atoms with van der Waals surface area (Å²) >= 11 is 0. The molecule has 1 aromatic heterocycles. The number of methoxy groups -OCH3 is 1. The van der Waals surface area contributed by atoms with Gasteiger partial charge in [0.05, 0.1) is 17.4 Å². The van der Waals surface area contributed by atoms with Crippen molar-refractivity contribution >= 4 is 23.3 Å². The van der Waals surface area contributed by atoms with Gasteiger partial charge in [-0.05, 0) is 24.3 Å². The van der Waals surface area contributed by atoms with Crippen molar-refractivity contribution in [2.75, 3.05) is 50.1 Å². The fourth-order valence-corrected chi connectivity index (χ4v) is 2.89. The van der Waals surface area contributed by atoms with Gasteiger partial charge < -0.3 is 19.9 Å². The lowest BCUT2D eigenvalue weighted by Crippen LogP contribution is -2.49. The standard InChI is InChI=1S/C19H21FN4O3/c1-27-13-18(25)24-10-8-23(9-11-24)17-7-6-14(12-21-17)22-19(26)15-4-2-3-5-16(15)20/h2-7,12H,8-11,13H2,1H3,(H,22,26). The molecule has 2 amide bonds. The number of piperazine rings is 1. The molecule has 142 valence electrons. The summed E-state index contributed by atoms with van der Waals surface area (Å²) < 4.78 is 18.5. The van der Waals surface area contributed by atoms with E-state index in [0.717, 1.165) is 5.82 Å². The van der Waals surface area contributed by atoms with Crippen LogP contribution in [0.4, 0.5) is 15.9 Å². The largest absolute Gasteiger partial charge is 0.375 e. The molecule has 7 nitrogen and oxygen atoms in total. The molecule has 1 fully saturated rings. The first-order valence-corrected chi connectivity index (χ1v) is 8.62. The summed E-state index contributed by atoms with van der Waals surface area (Å²) in [5, 5.41) is 2.64. The Hall–Kier alpha value is -3.00. The SMILES string of the molecule is COCC(=O)N1CCN(c2ccc(NC(=O)c3ccccc3F)cn2)CC1. The number of anilines is 2. The fourth-order valence-electron chi connectivity index (χ4n) is 2.89. The van der Waals surface area contributed by atoms with Crippen molar-refractivity contribution < 1.29 is 18.7 Å². The van der Waals surface area contributed by atoms with Gasteiger partial charge in [0, 0.05) is 33.3 Å². The Bertz CT molecular complexity index is 805. The van der Waals surface area contributed by atoms with Crippen LogP contribution in [-0.2, 0) is 9.53 Å². The Labute approximate surface area is 156 Å². The van der Waals surface area contributed by atoms with Crippen molar-refractivity contribution in [3.63, 3.8) is 0 Å². The van der Waals surface area contributed by atoms with Gasteiger partial charge in [-0.1, -0.05) is 12.1 Å². The van der Waals surface area contributed by atoms with E-state index in [0.29, 0.717) is 31.9 Å². The number of hydrogen-bond acceptors (Lipinski definition) is 5. The highest BCUT2D eigenvalue weighted by Gasteiger charge is 2.21. The molecule has 0 bridgehead atoms. The van der Waals surface area contributed by atoms with Gasteiger partial charge in [0.2, 0.25) is 5.91 Å². The molecule has 3 rings (SSSR count). The maximum absolute atomic E-state index is 13.7. The Morgan fingerprint density at radius 3 is 2.52 bits per heavy atom. The van der Waals surface area contributed by atoms with E-state index in [9.17, 15) is 14.0 Å². The highest BCUT2D eigenvalue weighted by atomic mass is 19.1. The topological polar surface area (TPSA) is 74.8 Å². The molecular weight excluding hydrogens is 351 g/mol. The average Bonchev–Trinajstić information content (AvgIpc) is 2.69. The third-order valence-electron chi connectivity index (χ3n) is 4.35. The number of benzene rings is 1. The molecule has 1 aliphatic heterocycles. The molecule has 0 atom stereocenters. The van der Waals surface area contributed by atoms with Crippen molar-refractivity contribution in [1.29, 1.82) is 0 Å². The van der Waals surface area contributed by atoms with Crippen molar-refractivity contribution in [3.05, 3.63) is 54.0 Å². The van der Waals surface area contributed by atoms with E-state index in [2.05, 4.69) is 15.2 Å². The second-order valence-electron chi connectivity index (χ2n) is 6.14. The number of nitrogens with one attached hydrogen (secondary N) is 1. The predicted octanol–water partition coefficient (Wildman–Crippen LogP) is 1.77. The lowest BCUT2D eigenvalue weighted by Gasteiger charge is -2.35. The number of aromatic nitrogens is 1. The Balaban J connectivity index is 1.57. The van der Waals surface area contributed by atoms with Gasteiger partial charge in [-0.25, -0.2) is 9.37 Å². The van der Waals surface area contributed by atoms with Gasteiger partial charge in [0.1, 0.15) is 18.2 Å². The maximum atomic E-state index is 13.7. The molecule has 1 aliphatic rings. The van der Waals surface area contributed by atoms with Crippen LogP contribution in [0.3, 0.4) is 0 Å². The molecule has 1 saturated heterocycles. The third kappa shape index (κ3) is 4.59. The van der Waals surface area contributed by atoms with Crippen molar-refractivity contribution in [2.24, 2.45) is 0 Å². The quantitative estimate of drug-likeness (QED) is 0.866. The van der Waals surface area contributed by atoms with E-state index in [1.54, 1.807) is 23.1 Å². The molecule has 0 spiro atoms. The zero-order valence-corrected chi connectivity index (χ0v) is 15.0. The molecule has 0 radical (unpaired) electrons. The van der Waals surface area contributed by atoms with Crippen LogP contribution in [0, 0.1) is 5.82 Å². The Morgan fingerprint density at radius 1 is 1.15 bits per heavy atom. The van der Waals surface area contributed by atoms with E-state index >= 15 is 0 Å². The second-order valence-corrected chi connectivity index (χ2v) is 6.14. The number of halogens is 1. The lowest BCUT2D eigenvalue weighted by molar-refractivity contribution is -0.135. The molecule has 2 heterocycles. The summed E-state index contributed by atoms with van der Waals surface area (Å²) in [6.45, 7) is 2.65. The number of amides is 2. The van der Waals surface area contributed by atoms with Crippen molar-refractivity contribution in [1.82, 2.24) is 9.88 Å². The first-order chi connectivity index (χ1) is 13.1. The van der Waals surface area contributed by atoms with Gasteiger partial charge in [-0.3, -0.25) is 9.59 Å². The number of rotatable bonds is 5. The number of pyridine rings is 1. The number of ether oxygens (including phenoxy) is 1. The van der Waals surface area contributed by atoms with Crippen LogP contribution in [0.2, 0.25) is 0 Å². The van der Waals surface area contributed by atoms with Crippen LogP contribution >= 0.6 is 0 Å². The Morgan fingerprint density at radius 2 is 1.89 bits per heavy atom. The highest BCUT2D eigenvalue weighted by Crippen LogP contribution is 2.17. The van der Waals surface area contributed by atoms with Gasteiger partial charge in [-0.15, -0.1) is 0 Å². The third-order valence-corrected chi connectivity index (χ3v) is 4.35. The van der Waals surface area contributed by atoms with Crippen LogP contribution in [0.1, 0.15) is 10.4 Å². The normalized spacial score (nSPS) is 14.1. The number of nitrogens with zero attached hydrogens (tertiary/aromatic N) is 3. The second kappa shape index (κ2) is 8.59. The first-order valence-electron chi connectivity index (χ1n) is 8.62. The van der Waals surface area contributed by atoms with E-state index < -0.39 is 11.7 Å². The molecule has 8 heteroatoms. The first kappa shape index (κ1) is 18.8. The summed E-state index contributed by atoms with van der Waals surface area (Å²) in [4.78, 5) is 32.2. The average molecular weight is 372 g/mol. The number of hydrogen-bond donors (Lipinski definition) is 1. The molecule has 27 heavy (non-hydrogen) atoms. The molecule has 1 N–H and O–H groups in total. The molecule has 2 aromatic rings. The van der Waals surface area contributed by atoms with Gasteiger partial charge in [0.15, 0.2) is 0 Å². The summed E-state index contributed by atoms with van der Waals surface area (Å²) in [6, 6.07) is 9.33. The van der Waals surface area contributed by atoms with Crippen molar-refractivity contribution in [2.45, 2.75) is 0 Å². The summed E-state index contributed by atoms with van der Waals surface area (Å²) in [5.74, 6) is -0.345. The lowest BCUT2D eigenvalue weighted by atomic mass is 10.2. The van der Waals surface area contributed by atoms with E-state index in [1.165, 1.54) is 31.5 Å². The Kier molecular flexibility index (Phi) is 5.97. The van der Waals surface area contributed by atoms with Crippen LogP contribution in [0.5, 0.6) is 0 Å². The zero-order chi connectivity index (χ0) is 19.2. The monoisotopic (exact) mass is 372 g/mol. The molecule has 1 aromatic carbocycles. The van der Waals surface area contributed by atoms with Crippen LogP contribution in [-0.4, -0.2) is 61.6 Å². The number of carbonyl (C=O) groups excluding carboxylic acids is 2. The maximum Gasteiger partial charge on any atom is 0.258 e. The zero-order valence-electron chi connectivity index (χ0n) is 15.0. The van der Waals surface area contributed by atoms with Crippen LogP contribution in [0.25, 0.3) is 0 Å². The minimum absolute atomic E-state index is 0.0153. The fraction of sp³-hybridized carbons (Fsp3) is 0.316. The smallest absolute Gasteiger partial charge is 0.258 e. The van der Waals surface area contributed by atoms with Crippen LogP contribution < -0.4 is 10.2 Å². The summed E-state index contributed by atoms with van der Waals surface area (Å²) in [7, 11) is 1.50. The molecule has 0 unspecified atom stereocenters. The van der Waals surface area contributed by atoms with Gasteiger partial charge in [-0.2, -0.15) is 0 Å². The molecular formula is C19H21FN4O3. The predicted molar refractivity (Wildman–Crippen MR) is 99.3 cm³/mol. The molecule has 0 aliphatic carbocycles. The van der Waals surface area contributed by atoms with Crippen LogP contribution in [0.15, 0.2) is 42.6 Å². The van der Waals surface area contributed by atoms with Gasteiger partial charge >= 0.3 is 0 Å². The summed E-state index contributed by atoms with van der Waals surface area (Å²) in [5.41, 5.74) is 0.472. The highest BCUT2D eigenvalue weighted by molar-refractivity contribution is 6.04. The van der Waals surface area contributed by atoms with Crippen molar-refractivity contribution in [3.8, 4) is 0 Å². The number of carbonyl (C=O) groups is 2. The van der Waals surface area contributed by atoms with E-state index in [-0.39, 0.29) is 18.1 Å². The summed E-state index contributed by atoms with van der Waals surface area (Å²) in [6.07, 6.45) is 1.54. The van der Waals surface area contributed by atoms with E-state index in [1.807, 2.05) is 0 Å². The minimum Gasteiger partial charge on any atom is -0.375 e. The van der Waals surface area contributed by atoms with E-state index in [4.69, 9.17) is 4.74 Å². The molecule has 0 saturated carbocycles. The minimum atomic E-state index is -0.569.